The van der Waals surface area contributed by atoms with Crippen LogP contribution in [0.1, 0.15) is 22.6 Å². The molecule has 3 rings (SSSR count). The number of aliphatic imine (C=N–C) groups is 1. The molecule has 2 aromatic carbocycles. The van der Waals surface area contributed by atoms with Crippen LogP contribution in [0.2, 0.25) is 0 Å². The third kappa shape index (κ3) is 4.26. The van der Waals surface area contributed by atoms with Crippen molar-refractivity contribution in [2.45, 2.75) is 18.9 Å². The molecule has 0 bridgehead atoms. The number of nitrogens with one attached hydrogen (secondary N) is 1. The van der Waals surface area contributed by atoms with E-state index in [1.807, 2.05) is 7.05 Å². The Morgan fingerprint density at radius 1 is 1.21 bits per heavy atom. The molecule has 0 radical (unpaired) electrons. The van der Waals surface area contributed by atoms with E-state index in [-0.39, 0.29) is 29.8 Å². The largest absolute Gasteiger partial charge is 0.356 e. The zero-order chi connectivity index (χ0) is 16.2. The second-order valence-corrected chi connectivity index (χ2v) is 6.01. The lowest BCUT2D eigenvalue weighted by Crippen LogP contribution is -2.41. The predicted octanol–water partition coefficient (Wildman–Crippen LogP) is 3.79. The van der Waals surface area contributed by atoms with Gasteiger partial charge in [-0.3, -0.25) is 4.99 Å². The molecule has 1 aliphatic carbocycles. The summed E-state index contributed by atoms with van der Waals surface area (Å²) in [5, 5.41) is 3.45. The van der Waals surface area contributed by atoms with Crippen molar-refractivity contribution in [2.75, 3.05) is 20.6 Å². The van der Waals surface area contributed by atoms with Crippen LogP contribution >= 0.6 is 24.0 Å². The van der Waals surface area contributed by atoms with Gasteiger partial charge in [-0.05, 0) is 35.2 Å². The molecule has 0 spiro atoms. The molecule has 1 unspecified atom stereocenters. The number of fused-ring (bicyclic) bond motifs is 1. The second-order valence-electron chi connectivity index (χ2n) is 6.01. The molecule has 0 fully saturated rings. The monoisotopic (exact) mass is 439 g/mol. The summed E-state index contributed by atoms with van der Waals surface area (Å²) in [6.07, 6.45) is 1.13. The van der Waals surface area contributed by atoms with Gasteiger partial charge in [-0.15, -0.1) is 24.0 Å². The van der Waals surface area contributed by atoms with E-state index in [9.17, 15) is 4.39 Å². The van der Waals surface area contributed by atoms with Crippen molar-refractivity contribution < 1.29 is 4.39 Å². The van der Waals surface area contributed by atoms with Gasteiger partial charge in [-0.1, -0.05) is 36.4 Å². The highest BCUT2D eigenvalue weighted by Crippen LogP contribution is 2.33. The minimum Gasteiger partial charge on any atom is -0.356 e. The van der Waals surface area contributed by atoms with E-state index in [1.54, 1.807) is 19.2 Å². The van der Waals surface area contributed by atoms with E-state index in [2.05, 4.69) is 39.5 Å². The van der Waals surface area contributed by atoms with Gasteiger partial charge in [0.05, 0.1) is 0 Å². The molecule has 1 atom stereocenters. The Bertz CT molecular complexity index is 700. The Kier molecular flexibility index (Phi) is 6.60. The van der Waals surface area contributed by atoms with Crippen LogP contribution in [-0.2, 0) is 13.0 Å². The van der Waals surface area contributed by atoms with Gasteiger partial charge in [-0.2, -0.15) is 0 Å². The first-order valence-electron chi connectivity index (χ1n) is 7.91. The standard InChI is InChI=1S/C19H22FN3.HI/c1-21-19(23(2)13-14-7-9-17(20)10-8-14)22-12-16-11-15-5-3-4-6-18(15)16;/h3-10,16H,11-13H2,1-2H3,(H,21,22);1H. The van der Waals surface area contributed by atoms with Crippen molar-refractivity contribution in [3.63, 3.8) is 0 Å². The first kappa shape index (κ1) is 18.7. The van der Waals surface area contributed by atoms with Gasteiger partial charge < -0.3 is 10.2 Å². The smallest absolute Gasteiger partial charge is 0.193 e. The Balaban J connectivity index is 0.00000208. The van der Waals surface area contributed by atoms with Crippen molar-refractivity contribution in [2.24, 2.45) is 4.99 Å². The molecule has 0 amide bonds. The van der Waals surface area contributed by atoms with Crippen LogP contribution in [0.15, 0.2) is 53.5 Å². The summed E-state index contributed by atoms with van der Waals surface area (Å²) in [4.78, 5) is 6.40. The predicted molar refractivity (Wildman–Crippen MR) is 108 cm³/mol. The first-order chi connectivity index (χ1) is 11.2. The average molecular weight is 439 g/mol. The fraction of sp³-hybridized carbons (Fsp3) is 0.316. The van der Waals surface area contributed by atoms with Gasteiger partial charge in [0.2, 0.25) is 0 Å². The molecule has 128 valence electrons. The number of rotatable bonds is 4. The molecule has 5 heteroatoms. The minimum atomic E-state index is -0.206. The maximum Gasteiger partial charge on any atom is 0.193 e. The van der Waals surface area contributed by atoms with Gasteiger partial charge in [0, 0.05) is 33.1 Å². The average Bonchev–Trinajstić information content (AvgIpc) is 2.54. The lowest BCUT2D eigenvalue weighted by atomic mass is 9.78. The number of halogens is 2. The molecule has 1 aliphatic rings. The van der Waals surface area contributed by atoms with Crippen molar-refractivity contribution >= 4 is 29.9 Å². The van der Waals surface area contributed by atoms with Gasteiger partial charge in [0.1, 0.15) is 5.82 Å². The van der Waals surface area contributed by atoms with Crippen LogP contribution in [0, 0.1) is 5.82 Å². The Labute approximate surface area is 160 Å². The van der Waals surface area contributed by atoms with Crippen molar-refractivity contribution in [3.8, 4) is 0 Å². The van der Waals surface area contributed by atoms with Crippen LogP contribution in [0.25, 0.3) is 0 Å². The van der Waals surface area contributed by atoms with Crippen molar-refractivity contribution in [1.29, 1.82) is 0 Å². The quantitative estimate of drug-likeness (QED) is 0.446. The SMILES string of the molecule is CN=C(NCC1Cc2ccccc21)N(C)Cc1ccc(F)cc1.I. The van der Waals surface area contributed by atoms with Gasteiger partial charge in [0.15, 0.2) is 5.96 Å². The maximum atomic E-state index is 13.0. The Hall–Kier alpha value is -1.63. The third-order valence-electron chi connectivity index (χ3n) is 4.37. The highest BCUT2D eigenvalue weighted by Gasteiger charge is 2.25. The summed E-state index contributed by atoms with van der Waals surface area (Å²) in [7, 11) is 3.78. The molecule has 1 N–H and O–H groups in total. The van der Waals surface area contributed by atoms with Crippen LogP contribution in [0.4, 0.5) is 4.39 Å². The van der Waals surface area contributed by atoms with E-state index in [4.69, 9.17) is 0 Å². The molecule has 0 saturated heterocycles. The van der Waals surface area contributed by atoms with E-state index in [0.29, 0.717) is 12.5 Å². The third-order valence-corrected chi connectivity index (χ3v) is 4.37. The number of benzene rings is 2. The number of nitrogens with zero attached hydrogens (tertiary/aromatic N) is 2. The number of hydrogen-bond acceptors (Lipinski definition) is 1. The maximum absolute atomic E-state index is 13.0. The van der Waals surface area contributed by atoms with E-state index in [0.717, 1.165) is 24.5 Å². The summed E-state index contributed by atoms with van der Waals surface area (Å²) in [6.45, 7) is 1.58. The van der Waals surface area contributed by atoms with Crippen LogP contribution in [0.3, 0.4) is 0 Å². The van der Waals surface area contributed by atoms with Gasteiger partial charge in [0.25, 0.3) is 0 Å². The highest BCUT2D eigenvalue weighted by molar-refractivity contribution is 14.0. The normalized spacial score (nSPS) is 15.8. The van der Waals surface area contributed by atoms with Gasteiger partial charge in [-0.25, -0.2) is 4.39 Å². The molecule has 0 heterocycles. The molecule has 0 saturated carbocycles. The molecule has 2 aromatic rings. The molecular weight excluding hydrogens is 416 g/mol. The summed E-state index contributed by atoms with van der Waals surface area (Å²) in [5.74, 6) is 1.21. The summed E-state index contributed by atoms with van der Waals surface area (Å²) in [5.41, 5.74) is 3.96. The number of guanidine groups is 1. The van der Waals surface area contributed by atoms with Crippen LogP contribution in [0.5, 0.6) is 0 Å². The fourth-order valence-electron chi connectivity index (χ4n) is 3.08. The van der Waals surface area contributed by atoms with E-state index in [1.165, 1.54) is 23.3 Å². The summed E-state index contributed by atoms with van der Waals surface area (Å²) < 4.78 is 13.0. The zero-order valence-corrected chi connectivity index (χ0v) is 16.3. The Morgan fingerprint density at radius 2 is 1.92 bits per heavy atom. The number of hydrogen-bond donors (Lipinski definition) is 1. The first-order valence-corrected chi connectivity index (χ1v) is 7.91. The van der Waals surface area contributed by atoms with Crippen molar-refractivity contribution in [3.05, 3.63) is 71.0 Å². The lowest BCUT2D eigenvalue weighted by molar-refractivity contribution is 0.466. The zero-order valence-electron chi connectivity index (χ0n) is 14.0. The topological polar surface area (TPSA) is 27.6 Å². The lowest BCUT2D eigenvalue weighted by Gasteiger charge is -2.32. The van der Waals surface area contributed by atoms with Crippen molar-refractivity contribution in [1.82, 2.24) is 10.2 Å². The second kappa shape index (κ2) is 8.46. The summed E-state index contributed by atoms with van der Waals surface area (Å²) in [6, 6.07) is 15.2. The Morgan fingerprint density at radius 3 is 2.58 bits per heavy atom. The van der Waals surface area contributed by atoms with E-state index < -0.39 is 0 Å². The fourth-order valence-corrected chi connectivity index (χ4v) is 3.08. The van der Waals surface area contributed by atoms with Gasteiger partial charge >= 0.3 is 0 Å². The molecular formula is C19H23FIN3. The van der Waals surface area contributed by atoms with E-state index >= 15 is 0 Å². The molecule has 0 aliphatic heterocycles. The van der Waals surface area contributed by atoms with Crippen LogP contribution in [-0.4, -0.2) is 31.5 Å². The van der Waals surface area contributed by atoms with Crippen LogP contribution < -0.4 is 5.32 Å². The molecule has 24 heavy (non-hydrogen) atoms. The minimum absolute atomic E-state index is 0. The highest BCUT2D eigenvalue weighted by atomic mass is 127. The summed E-state index contributed by atoms with van der Waals surface area (Å²) >= 11 is 0. The molecule has 3 nitrogen and oxygen atoms in total. The molecule has 0 aromatic heterocycles.